The van der Waals surface area contributed by atoms with Crippen molar-refractivity contribution in [2.24, 2.45) is 0 Å². The van der Waals surface area contributed by atoms with E-state index in [0.29, 0.717) is 13.0 Å². The second kappa shape index (κ2) is 8.29. The number of unbranched alkanes of at least 4 members (excludes halogenated alkanes) is 3. The lowest BCUT2D eigenvalue weighted by molar-refractivity contribution is -0.121. The van der Waals surface area contributed by atoms with Crippen molar-refractivity contribution in [1.82, 2.24) is 15.1 Å². The van der Waals surface area contributed by atoms with Gasteiger partial charge in [0.2, 0.25) is 5.91 Å². The van der Waals surface area contributed by atoms with Crippen molar-refractivity contribution in [2.75, 3.05) is 6.54 Å². The Bertz CT molecular complexity index is 376. The summed E-state index contributed by atoms with van der Waals surface area (Å²) in [7, 11) is 0. The first-order chi connectivity index (χ1) is 8.65. The van der Waals surface area contributed by atoms with E-state index in [0.717, 1.165) is 23.1 Å². The number of nitrogens with one attached hydrogen (secondary N) is 1. The summed E-state index contributed by atoms with van der Waals surface area (Å²) in [5, 5.41) is 7.14. The first-order valence-corrected chi connectivity index (χ1v) is 7.39. The molecule has 0 atom stereocenters. The minimum absolute atomic E-state index is 0.109. The molecule has 18 heavy (non-hydrogen) atoms. The van der Waals surface area contributed by atoms with E-state index in [1.807, 2.05) is 11.6 Å². The summed E-state index contributed by atoms with van der Waals surface area (Å²) < 4.78 is 2.84. The van der Waals surface area contributed by atoms with Gasteiger partial charge in [-0.25, -0.2) is 0 Å². The van der Waals surface area contributed by atoms with Crippen molar-refractivity contribution in [1.29, 1.82) is 0 Å². The highest BCUT2D eigenvalue weighted by atomic mass is 79.9. The molecule has 0 bridgehead atoms. The van der Waals surface area contributed by atoms with Gasteiger partial charge in [0.05, 0.1) is 10.7 Å². The number of carbonyl (C=O) groups excluding carboxylic acids is 1. The van der Waals surface area contributed by atoms with Crippen molar-refractivity contribution >= 4 is 21.8 Å². The Kier molecular flexibility index (Phi) is 7.01. The number of carbonyl (C=O) groups is 1. The van der Waals surface area contributed by atoms with Gasteiger partial charge in [-0.05, 0) is 29.3 Å². The van der Waals surface area contributed by atoms with Gasteiger partial charge in [0, 0.05) is 25.2 Å². The van der Waals surface area contributed by atoms with E-state index in [1.54, 1.807) is 6.20 Å². The first-order valence-electron chi connectivity index (χ1n) is 6.59. The molecular formula is C13H22BrN3O. The average Bonchev–Trinajstić information content (AvgIpc) is 2.67. The SMILES string of the molecule is CCCCCCNC(=O)CCn1ncc(Br)c1C. The predicted octanol–water partition coefficient (Wildman–Crippen LogP) is 3.04. The van der Waals surface area contributed by atoms with Gasteiger partial charge in [-0.3, -0.25) is 9.48 Å². The highest BCUT2D eigenvalue weighted by Crippen LogP contribution is 2.14. The number of halogens is 1. The zero-order valence-corrected chi connectivity index (χ0v) is 12.8. The van der Waals surface area contributed by atoms with Crippen LogP contribution in [0.25, 0.3) is 0 Å². The Hall–Kier alpha value is -0.840. The quantitative estimate of drug-likeness (QED) is 0.749. The van der Waals surface area contributed by atoms with Gasteiger partial charge in [-0.1, -0.05) is 26.2 Å². The molecule has 0 aliphatic rings. The molecule has 1 aromatic heterocycles. The van der Waals surface area contributed by atoms with Crippen LogP contribution >= 0.6 is 15.9 Å². The van der Waals surface area contributed by atoms with Gasteiger partial charge in [-0.15, -0.1) is 0 Å². The minimum atomic E-state index is 0.109. The second-order valence-electron chi connectivity index (χ2n) is 4.46. The van der Waals surface area contributed by atoms with E-state index in [4.69, 9.17) is 0 Å². The lowest BCUT2D eigenvalue weighted by atomic mass is 10.2. The second-order valence-corrected chi connectivity index (χ2v) is 5.32. The summed E-state index contributed by atoms with van der Waals surface area (Å²) in [6.07, 6.45) is 6.99. The van der Waals surface area contributed by atoms with Crippen LogP contribution in [-0.2, 0) is 11.3 Å². The topological polar surface area (TPSA) is 46.9 Å². The fourth-order valence-corrected chi connectivity index (χ4v) is 2.02. The molecule has 0 spiro atoms. The predicted molar refractivity (Wildman–Crippen MR) is 76.4 cm³/mol. The summed E-state index contributed by atoms with van der Waals surface area (Å²) in [6.45, 7) is 5.60. The van der Waals surface area contributed by atoms with Gasteiger partial charge >= 0.3 is 0 Å². The van der Waals surface area contributed by atoms with E-state index in [-0.39, 0.29) is 5.91 Å². The van der Waals surface area contributed by atoms with Crippen LogP contribution in [0, 0.1) is 6.92 Å². The van der Waals surface area contributed by atoms with Crippen LogP contribution in [-0.4, -0.2) is 22.2 Å². The van der Waals surface area contributed by atoms with Crippen molar-refractivity contribution in [3.05, 3.63) is 16.4 Å². The zero-order valence-electron chi connectivity index (χ0n) is 11.2. The normalized spacial score (nSPS) is 10.6. The van der Waals surface area contributed by atoms with Gasteiger partial charge in [0.15, 0.2) is 0 Å². The maximum absolute atomic E-state index is 11.6. The Labute approximate surface area is 117 Å². The number of amides is 1. The molecule has 0 aromatic carbocycles. The molecule has 1 heterocycles. The molecule has 0 aliphatic heterocycles. The largest absolute Gasteiger partial charge is 0.356 e. The number of aromatic nitrogens is 2. The minimum Gasteiger partial charge on any atom is -0.356 e. The number of nitrogens with zero attached hydrogens (tertiary/aromatic N) is 2. The van der Waals surface area contributed by atoms with Crippen molar-refractivity contribution in [3.63, 3.8) is 0 Å². The monoisotopic (exact) mass is 315 g/mol. The molecule has 1 aromatic rings. The summed E-state index contributed by atoms with van der Waals surface area (Å²) in [5.41, 5.74) is 1.06. The molecule has 0 aliphatic carbocycles. The lowest BCUT2D eigenvalue weighted by Crippen LogP contribution is -2.25. The average molecular weight is 316 g/mol. The maximum atomic E-state index is 11.6. The number of hydrogen-bond donors (Lipinski definition) is 1. The van der Waals surface area contributed by atoms with Crippen LogP contribution in [0.1, 0.15) is 44.7 Å². The third-order valence-corrected chi connectivity index (χ3v) is 3.73. The van der Waals surface area contributed by atoms with Crippen LogP contribution in [0.3, 0.4) is 0 Å². The molecule has 0 saturated carbocycles. The van der Waals surface area contributed by atoms with E-state index in [2.05, 4.69) is 33.3 Å². The Balaban J connectivity index is 2.15. The van der Waals surface area contributed by atoms with Crippen molar-refractivity contribution in [2.45, 2.75) is 52.5 Å². The van der Waals surface area contributed by atoms with Gasteiger partial charge < -0.3 is 5.32 Å². The summed E-state index contributed by atoms with van der Waals surface area (Å²) >= 11 is 3.41. The van der Waals surface area contributed by atoms with Gasteiger partial charge in [0.1, 0.15) is 0 Å². The fraction of sp³-hybridized carbons (Fsp3) is 0.692. The van der Waals surface area contributed by atoms with E-state index in [9.17, 15) is 4.79 Å². The fourth-order valence-electron chi connectivity index (χ4n) is 1.72. The van der Waals surface area contributed by atoms with Crippen molar-refractivity contribution < 1.29 is 4.79 Å². The maximum Gasteiger partial charge on any atom is 0.221 e. The first kappa shape index (κ1) is 15.2. The molecule has 0 fully saturated rings. The third kappa shape index (κ3) is 5.21. The molecule has 1 amide bonds. The highest BCUT2D eigenvalue weighted by molar-refractivity contribution is 9.10. The molecule has 5 heteroatoms. The van der Waals surface area contributed by atoms with Gasteiger partial charge in [0.25, 0.3) is 0 Å². The molecule has 4 nitrogen and oxygen atoms in total. The Morgan fingerprint density at radius 3 is 2.83 bits per heavy atom. The zero-order chi connectivity index (χ0) is 13.4. The van der Waals surface area contributed by atoms with Crippen LogP contribution in [0.15, 0.2) is 10.7 Å². The van der Waals surface area contributed by atoms with E-state index < -0.39 is 0 Å². The number of rotatable bonds is 8. The van der Waals surface area contributed by atoms with Gasteiger partial charge in [-0.2, -0.15) is 5.10 Å². The molecule has 1 rings (SSSR count). The highest BCUT2D eigenvalue weighted by Gasteiger charge is 2.06. The van der Waals surface area contributed by atoms with Crippen molar-refractivity contribution in [3.8, 4) is 0 Å². The third-order valence-electron chi connectivity index (χ3n) is 2.95. The molecule has 1 N–H and O–H groups in total. The molecule has 102 valence electrons. The number of aryl methyl sites for hydroxylation is 1. The Morgan fingerprint density at radius 1 is 1.44 bits per heavy atom. The van der Waals surface area contributed by atoms with Crippen LogP contribution in [0.5, 0.6) is 0 Å². The molecular weight excluding hydrogens is 294 g/mol. The number of hydrogen-bond acceptors (Lipinski definition) is 2. The van der Waals surface area contributed by atoms with Crippen LogP contribution in [0.2, 0.25) is 0 Å². The molecule has 0 radical (unpaired) electrons. The summed E-state index contributed by atoms with van der Waals surface area (Å²) in [4.78, 5) is 11.6. The van der Waals surface area contributed by atoms with E-state index >= 15 is 0 Å². The molecule has 0 unspecified atom stereocenters. The summed E-state index contributed by atoms with van der Waals surface area (Å²) in [5.74, 6) is 0.109. The standard InChI is InChI=1S/C13H22BrN3O/c1-3-4-5-6-8-15-13(18)7-9-17-11(2)12(14)10-16-17/h10H,3-9H2,1-2H3,(H,15,18). The molecule has 0 saturated heterocycles. The smallest absolute Gasteiger partial charge is 0.221 e. The lowest BCUT2D eigenvalue weighted by Gasteiger charge is -2.06. The van der Waals surface area contributed by atoms with Crippen LogP contribution < -0.4 is 5.32 Å². The van der Waals surface area contributed by atoms with E-state index in [1.165, 1.54) is 19.3 Å². The van der Waals surface area contributed by atoms with Crippen LogP contribution in [0.4, 0.5) is 0 Å². The Morgan fingerprint density at radius 2 is 2.22 bits per heavy atom. The summed E-state index contributed by atoms with van der Waals surface area (Å²) in [6, 6.07) is 0.